The number of nitrogens with zero attached hydrogens (tertiary/aromatic N) is 2. The van der Waals surface area contributed by atoms with Crippen LogP contribution in [0.2, 0.25) is 0 Å². The van der Waals surface area contributed by atoms with Gasteiger partial charge in [-0.05, 0) is 42.2 Å². The molecule has 4 rings (SSSR count). The van der Waals surface area contributed by atoms with Gasteiger partial charge in [0.15, 0.2) is 0 Å². The molecule has 0 radical (unpaired) electrons. The lowest BCUT2D eigenvalue weighted by molar-refractivity contribution is 0.0302. The molecule has 0 saturated carbocycles. The summed E-state index contributed by atoms with van der Waals surface area (Å²) in [5, 5.41) is 3.87. The van der Waals surface area contributed by atoms with Gasteiger partial charge in [0.05, 0.1) is 18.9 Å². The number of aryl methyl sites for hydroxylation is 1. The van der Waals surface area contributed by atoms with Crippen LogP contribution < -0.4 is 10.9 Å². The molecule has 1 amide bonds. The third-order valence-corrected chi connectivity index (χ3v) is 5.75. The summed E-state index contributed by atoms with van der Waals surface area (Å²) in [6.07, 6.45) is 0. The molecule has 2 aromatic carbocycles. The molecule has 0 unspecified atom stereocenters. The molecule has 2 heterocycles. The zero-order valence-electron chi connectivity index (χ0n) is 15.6. The highest BCUT2D eigenvalue weighted by atomic mass is 32.1. The van der Waals surface area contributed by atoms with E-state index in [4.69, 9.17) is 4.74 Å². The van der Waals surface area contributed by atoms with Crippen molar-refractivity contribution in [1.29, 1.82) is 0 Å². The fraction of sp³-hybridized carbons (Fsp3) is 0.238. The third kappa shape index (κ3) is 3.58. The number of hydrogen-bond donors (Lipinski definition) is 1. The predicted molar refractivity (Wildman–Crippen MR) is 111 cm³/mol. The van der Waals surface area contributed by atoms with Crippen LogP contribution >= 0.6 is 11.5 Å². The van der Waals surface area contributed by atoms with Crippen molar-refractivity contribution in [3.05, 3.63) is 76.1 Å². The van der Waals surface area contributed by atoms with E-state index in [9.17, 15) is 9.59 Å². The second-order valence-electron chi connectivity index (χ2n) is 6.57. The van der Waals surface area contributed by atoms with Crippen molar-refractivity contribution < 1.29 is 9.53 Å². The van der Waals surface area contributed by atoms with Gasteiger partial charge in [0.1, 0.15) is 10.6 Å². The first-order valence-corrected chi connectivity index (χ1v) is 9.94. The zero-order chi connectivity index (χ0) is 19.5. The van der Waals surface area contributed by atoms with Gasteiger partial charge in [-0.1, -0.05) is 36.4 Å². The van der Waals surface area contributed by atoms with Gasteiger partial charge in [-0.2, -0.15) is 0 Å². The van der Waals surface area contributed by atoms with Crippen LogP contribution in [0.15, 0.2) is 59.4 Å². The molecule has 1 aromatic heterocycles. The predicted octanol–water partition coefficient (Wildman–Crippen LogP) is 3.42. The number of rotatable bonds is 4. The second-order valence-corrected chi connectivity index (χ2v) is 7.53. The Morgan fingerprint density at radius 2 is 1.71 bits per heavy atom. The van der Waals surface area contributed by atoms with Gasteiger partial charge in [-0.3, -0.25) is 9.59 Å². The topological polar surface area (TPSA) is 63.6 Å². The summed E-state index contributed by atoms with van der Waals surface area (Å²) >= 11 is 1.25. The molecule has 1 saturated heterocycles. The molecule has 28 heavy (non-hydrogen) atoms. The summed E-state index contributed by atoms with van der Waals surface area (Å²) in [6, 6.07) is 17.2. The van der Waals surface area contributed by atoms with Gasteiger partial charge in [0.25, 0.3) is 11.5 Å². The Hall–Kier alpha value is -2.90. The maximum absolute atomic E-state index is 13.2. The van der Waals surface area contributed by atoms with E-state index in [1.807, 2.05) is 61.5 Å². The van der Waals surface area contributed by atoms with Crippen LogP contribution in [0, 0.1) is 6.92 Å². The minimum absolute atomic E-state index is 0.180. The van der Waals surface area contributed by atoms with Crippen LogP contribution in [-0.2, 0) is 4.74 Å². The van der Waals surface area contributed by atoms with Crippen LogP contribution in [0.25, 0.3) is 5.69 Å². The van der Waals surface area contributed by atoms with E-state index < -0.39 is 0 Å². The summed E-state index contributed by atoms with van der Waals surface area (Å²) in [7, 11) is 0. The summed E-state index contributed by atoms with van der Waals surface area (Å²) in [5.41, 5.74) is 2.54. The van der Waals surface area contributed by atoms with Crippen LogP contribution in [0.3, 0.4) is 0 Å². The van der Waals surface area contributed by atoms with Crippen LogP contribution in [0.4, 0.5) is 10.7 Å². The van der Waals surface area contributed by atoms with Gasteiger partial charge < -0.3 is 15.0 Å². The number of hydrogen-bond acceptors (Lipinski definition) is 5. The van der Waals surface area contributed by atoms with Gasteiger partial charge in [-0.15, -0.1) is 0 Å². The largest absolute Gasteiger partial charge is 0.378 e. The van der Waals surface area contributed by atoms with E-state index in [1.165, 1.54) is 11.5 Å². The molecule has 1 N–H and O–H groups in total. The van der Waals surface area contributed by atoms with Crippen molar-refractivity contribution in [3.8, 4) is 5.69 Å². The zero-order valence-corrected chi connectivity index (χ0v) is 16.4. The summed E-state index contributed by atoms with van der Waals surface area (Å²) in [5.74, 6) is -0.254. The number of morpholine rings is 1. The fourth-order valence-electron chi connectivity index (χ4n) is 3.14. The first kappa shape index (κ1) is 18.5. The minimum atomic E-state index is -0.302. The summed E-state index contributed by atoms with van der Waals surface area (Å²) in [6.45, 7) is 3.95. The number of ether oxygens (including phenoxy) is 1. The normalized spacial score (nSPS) is 14.1. The molecule has 6 nitrogen and oxygen atoms in total. The Morgan fingerprint density at radius 3 is 2.43 bits per heavy atom. The van der Waals surface area contributed by atoms with Gasteiger partial charge in [0.2, 0.25) is 0 Å². The lowest BCUT2D eigenvalue weighted by atomic mass is 10.2. The molecule has 0 atom stereocenters. The molecule has 1 fully saturated rings. The number of amides is 1. The lowest BCUT2D eigenvalue weighted by Gasteiger charge is -2.26. The smallest absolute Gasteiger partial charge is 0.280 e. The summed E-state index contributed by atoms with van der Waals surface area (Å²) in [4.78, 5) is 28.1. The lowest BCUT2D eigenvalue weighted by Crippen LogP contribution is -2.42. The van der Waals surface area contributed by atoms with Crippen molar-refractivity contribution in [1.82, 2.24) is 8.86 Å². The second kappa shape index (κ2) is 8.00. The van der Waals surface area contributed by atoms with E-state index in [0.29, 0.717) is 31.3 Å². The average Bonchev–Trinajstić information content (AvgIpc) is 3.06. The number of carbonyl (C=O) groups is 1. The van der Waals surface area contributed by atoms with E-state index >= 15 is 0 Å². The number of aromatic nitrogens is 1. The molecule has 0 spiro atoms. The number of nitrogens with one attached hydrogen (secondary N) is 1. The number of benzene rings is 2. The van der Waals surface area contributed by atoms with Crippen LogP contribution in [0.1, 0.15) is 15.9 Å². The third-order valence-electron chi connectivity index (χ3n) is 4.70. The van der Waals surface area contributed by atoms with E-state index in [1.54, 1.807) is 8.86 Å². The molecule has 1 aliphatic heterocycles. The van der Waals surface area contributed by atoms with E-state index in [2.05, 4.69) is 5.32 Å². The molecule has 3 aromatic rings. The van der Waals surface area contributed by atoms with Crippen molar-refractivity contribution in [2.75, 3.05) is 31.6 Å². The van der Waals surface area contributed by atoms with Crippen LogP contribution in [-0.4, -0.2) is 41.1 Å². The Balaban J connectivity index is 1.80. The SMILES string of the molecule is Cc1ccccc1Nc1sn(-c2ccccc2)c(=O)c1C(=O)N1CCOCC1. The van der Waals surface area contributed by atoms with Gasteiger partial charge in [0, 0.05) is 18.8 Å². The average molecular weight is 395 g/mol. The van der Waals surface area contributed by atoms with E-state index in [-0.39, 0.29) is 17.0 Å². The minimum Gasteiger partial charge on any atom is -0.378 e. The maximum Gasteiger partial charge on any atom is 0.280 e. The molecule has 0 bridgehead atoms. The first-order valence-electron chi connectivity index (χ1n) is 9.16. The van der Waals surface area contributed by atoms with Crippen LogP contribution in [0.5, 0.6) is 0 Å². The standard InChI is InChI=1S/C21H21N3O3S/c1-15-7-5-6-10-17(15)22-19-18(20(25)23-11-13-27-14-12-23)21(26)24(28-19)16-8-3-2-4-9-16/h2-10,22H,11-14H2,1H3. The van der Waals surface area contributed by atoms with Crippen molar-refractivity contribution in [2.24, 2.45) is 0 Å². The molecule has 144 valence electrons. The fourth-order valence-corrected chi connectivity index (χ4v) is 4.15. The van der Waals surface area contributed by atoms with E-state index in [0.717, 1.165) is 16.9 Å². The number of anilines is 2. The molecule has 7 heteroatoms. The Kier molecular flexibility index (Phi) is 5.27. The number of para-hydroxylation sites is 2. The molecular weight excluding hydrogens is 374 g/mol. The highest BCUT2D eigenvalue weighted by molar-refractivity contribution is 7.11. The Morgan fingerprint density at radius 1 is 1.04 bits per heavy atom. The molecule has 1 aliphatic rings. The van der Waals surface area contributed by atoms with Gasteiger partial charge in [-0.25, -0.2) is 3.96 Å². The monoisotopic (exact) mass is 395 g/mol. The number of carbonyl (C=O) groups excluding carboxylic acids is 1. The highest BCUT2D eigenvalue weighted by Crippen LogP contribution is 2.29. The molecule has 0 aliphatic carbocycles. The maximum atomic E-state index is 13.2. The summed E-state index contributed by atoms with van der Waals surface area (Å²) < 4.78 is 6.91. The Bertz CT molecular complexity index is 1040. The first-order chi connectivity index (χ1) is 13.6. The van der Waals surface area contributed by atoms with Crippen molar-refractivity contribution in [3.63, 3.8) is 0 Å². The highest BCUT2D eigenvalue weighted by Gasteiger charge is 2.28. The van der Waals surface area contributed by atoms with Crippen molar-refractivity contribution in [2.45, 2.75) is 6.92 Å². The van der Waals surface area contributed by atoms with Crippen molar-refractivity contribution >= 4 is 28.1 Å². The quantitative estimate of drug-likeness (QED) is 0.735. The molecular formula is C21H21N3O3S. The Labute approximate surface area is 167 Å². The van der Waals surface area contributed by atoms with Gasteiger partial charge >= 0.3 is 0 Å².